The molecule has 3 rings (SSSR count). The monoisotopic (exact) mass is 390 g/mol. The summed E-state index contributed by atoms with van der Waals surface area (Å²) >= 11 is 1.01. The Hall–Kier alpha value is -3.70. The Kier molecular flexibility index (Phi) is 5.99. The number of amides is 1. The summed E-state index contributed by atoms with van der Waals surface area (Å²) in [5.74, 6) is -1.03. The second-order valence-corrected chi connectivity index (χ2v) is 6.58. The predicted octanol–water partition coefficient (Wildman–Crippen LogP) is 2.84. The fraction of sp³-hybridized carbons (Fsp3) is 0.0500. The summed E-state index contributed by atoms with van der Waals surface area (Å²) in [6.07, 6.45) is 2.67. The van der Waals surface area contributed by atoms with Gasteiger partial charge in [-0.1, -0.05) is 30.3 Å². The minimum absolute atomic E-state index is 0.198. The van der Waals surface area contributed by atoms with Crippen LogP contribution < -0.4 is 5.32 Å². The fourth-order valence-electron chi connectivity index (χ4n) is 2.32. The number of methoxy groups -OCH3 is 1. The lowest BCUT2D eigenvalue weighted by atomic mass is 10.0. The van der Waals surface area contributed by atoms with Crippen LogP contribution in [0, 0.1) is 11.3 Å². The van der Waals surface area contributed by atoms with Crippen LogP contribution in [0.1, 0.15) is 11.1 Å². The van der Waals surface area contributed by atoms with Crippen LogP contribution in [-0.4, -0.2) is 30.4 Å². The standard InChI is InChI=1S/C20H14N4O3S/c1-27-18(25)10-17-19(26)23-20(28-17)24-22-12-14-3-2-4-16(9-14)15-7-5-13(11-21)6-8-15/h2-10,12H,1H3,(H,23,24,26)/b17-10+,22-12?. The van der Waals surface area contributed by atoms with E-state index >= 15 is 0 Å². The number of nitrogens with zero attached hydrogens (tertiary/aromatic N) is 3. The smallest absolute Gasteiger partial charge is 0.331 e. The number of thioether (sulfide) groups is 1. The molecule has 0 aliphatic carbocycles. The minimum Gasteiger partial charge on any atom is -0.466 e. The van der Waals surface area contributed by atoms with Crippen molar-refractivity contribution in [3.63, 3.8) is 0 Å². The molecule has 1 amide bonds. The molecule has 7 nitrogen and oxygen atoms in total. The summed E-state index contributed by atoms with van der Waals surface area (Å²) in [7, 11) is 1.24. The quantitative estimate of drug-likeness (QED) is 0.374. The molecule has 1 fully saturated rings. The molecule has 1 aliphatic rings. The van der Waals surface area contributed by atoms with Crippen LogP contribution in [-0.2, 0) is 14.3 Å². The molecule has 2 aromatic rings. The van der Waals surface area contributed by atoms with Gasteiger partial charge in [0.1, 0.15) is 0 Å². The molecule has 2 aromatic carbocycles. The minimum atomic E-state index is -0.609. The van der Waals surface area contributed by atoms with Gasteiger partial charge in [0.15, 0.2) is 5.17 Å². The number of ether oxygens (including phenoxy) is 1. The highest BCUT2D eigenvalue weighted by molar-refractivity contribution is 8.18. The van der Waals surface area contributed by atoms with Gasteiger partial charge in [-0.05, 0) is 46.7 Å². The maximum Gasteiger partial charge on any atom is 0.331 e. The van der Waals surface area contributed by atoms with Crippen LogP contribution in [0.3, 0.4) is 0 Å². The number of carbonyl (C=O) groups is 2. The molecule has 0 saturated carbocycles. The van der Waals surface area contributed by atoms with Crippen molar-refractivity contribution in [2.45, 2.75) is 0 Å². The third kappa shape index (κ3) is 4.72. The van der Waals surface area contributed by atoms with Crippen LogP contribution in [0.5, 0.6) is 0 Å². The number of nitrogens with one attached hydrogen (secondary N) is 1. The third-order valence-electron chi connectivity index (χ3n) is 3.69. The average molecular weight is 390 g/mol. The van der Waals surface area contributed by atoms with Gasteiger partial charge in [-0.3, -0.25) is 10.1 Å². The number of hydrogen-bond donors (Lipinski definition) is 1. The molecule has 0 bridgehead atoms. The van der Waals surface area contributed by atoms with E-state index in [2.05, 4.69) is 26.3 Å². The van der Waals surface area contributed by atoms with Crippen molar-refractivity contribution in [1.82, 2.24) is 5.32 Å². The van der Waals surface area contributed by atoms with E-state index in [1.807, 2.05) is 36.4 Å². The Morgan fingerprint density at radius 3 is 2.71 bits per heavy atom. The highest BCUT2D eigenvalue weighted by Crippen LogP contribution is 2.23. The molecule has 0 radical (unpaired) electrons. The topological polar surface area (TPSA) is 104 Å². The highest BCUT2D eigenvalue weighted by atomic mass is 32.2. The molecule has 1 N–H and O–H groups in total. The highest BCUT2D eigenvalue weighted by Gasteiger charge is 2.24. The van der Waals surface area contributed by atoms with Crippen molar-refractivity contribution in [3.8, 4) is 17.2 Å². The van der Waals surface area contributed by atoms with E-state index in [4.69, 9.17) is 5.26 Å². The van der Waals surface area contributed by atoms with E-state index in [0.717, 1.165) is 34.5 Å². The molecule has 0 spiro atoms. The number of amidine groups is 1. The summed E-state index contributed by atoms with van der Waals surface area (Å²) in [5.41, 5.74) is 3.39. The fourth-order valence-corrected chi connectivity index (χ4v) is 3.06. The maximum absolute atomic E-state index is 11.8. The molecule has 1 saturated heterocycles. The lowest BCUT2D eigenvalue weighted by Gasteiger charge is -2.02. The summed E-state index contributed by atoms with van der Waals surface area (Å²) < 4.78 is 4.50. The first kappa shape index (κ1) is 19.1. The van der Waals surface area contributed by atoms with Crippen molar-refractivity contribution >= 4 is 35.0 Å². The molecule has 0 aromatic heterocycles. The number of carbonyl (C=O) groups excluding carboxylic acids is 2. The van der Waals surface area contributed by atoms with Gasteiger partial charge in [0.25, 0.3) is 5.91 Å². The number of esters is 1. The number of hydrogen-bond acceptors (Lipinski definition) is 7. The van der Waals surface area contributed by atoms with Crippen LogP contribution in [0.15, 0.2) is 69.7 Å². The number of nitriles is 1. The first-order valence-electron chi connectivity index (χ1n) is 8.09. The van der Waals surface area contributed by atoms with Crippen molar-refractivity contribution in [1.29, 1.82) is 5.26 Å². The van der Waals surface area contributed by atoms with Gasteiger partial charge < -0.3 is 4.74 Å². The molecular weight excluding hydrogens is 376 g/mol. The van der Waals surface area contributed by atoms with Crippen LogP contribution >= 0.6 is 11.8 Å². The molecule has 1 aliphatic heterocycles. The molecule has 28 heavy (non-hydrogen) atoms. The van der Waals surface area contributed by atoms with E-state index in [-0.39, 0.29) is 10.1 Å². The van der Waals surface area contributed by atoms with Gasteiger partial charge in [0.05, 0.1) is 29.9 Å². The number of rotatable bonds is 4. The van der Waals surface area contributed by atoms with Crippen molar-refractivity contribution < 1.29 is 14.3 Å². The van der Waals surface area contributed by atoms with E-state index in [9.17, 15) is 9.59 Å². The molecule has 138 valence electrons. The van der Waals surface area contributed by atoms with E-state index < -0.39 is 11.9 Å². The van der Waals surface area contributed by atoms with Gasteiger partial charge in [0, 0.05) is 6.08 Å². The summed E-state index contributed by atoms with van der Waals surface area (Å²) in [4.78, 5) is 23.2. The Morgan fingerprint density at radius 1 is 1.21 bits per heavy atom. The normalized spacial score (nSPS) is 16.4. The first-order chi connectivity index (χ1) is 13.6. The molecule has 8 heteroatoms. The van der Waals surface area contributed by atoms with E-state index in [1.54, 1.807) is 18.3 Å². The van der Waals surface area contributed by atoms with Crippen LogP contribution in [0.2, 0.25) is 0 Å². The maximum atomic E-state index is 11.8. The van der Waals surface area contributed by atoms with Crippen molar-refractivity contribution in [2.24, 2.45) is 10.2 Å². The van der Waals surface area contributed by atoms with Crippen molar-refractivity contribution in [3.05, 3.63) is 70.6 Å². The third-order valence-corrected chi connectivity index (χ3v) is 4.59. The zero-order valence-electron chi connectivity index (χ0n) is 14.7. The SMILES string of the molecule is COC(=O)/C=C1/S/C(=N\N=Cc2cccc(-c3ccc(C#N)cc3)c2)NC1=O. The van der Waals surface area contributed by atoms with E-state index in [0.29, 0.717) is 5.56 Å². The van der Waals surface area contributed by atoms with Gasteiger partial charge in [-0.2, -0.15) is 10.4 Å². The lowest BCUT2D eigenvalue weighted by molar-refractivity contribution is -0.135. The summed E-state index contributed by atoms with van der Waals surface area (Å²) in [6.45, 7) is 0. The molecule has 0 unspecified atom stereocenters. The lowest BCUT2D eigenvalue weighted by Crippen LogP contribution is -2.19. The second kappa shape index (κ2) is 8.79. The largest absolute Gasteiger partial charge is 0.466 e. The molecule has 0 atom stereocenters. The molecular formula is C20H14N4O3S. The zero-order valence-corrected chi connectivity index (χ0v) is 15.6. The summed E-state index contributed by atoms with van der Waals surface area (Å²) in [5, 5.41) is 19.6. The van der Waals surface area contributed by atoms with Gasteiger partial charge >= 0.3 is 5.97 Å². The van der Waals surface area contributed by atoms with Crippen LogP contribution in [0.25, 0.3) is 11.1 Å². The van der Waals surface area contributed by atoms with Crippen molar-refractivity contribution in [2.75, 3.05) is 7.11 Å². The van der Waals surface area contributed by atoms with Crippen LogP contribution in [0.4, 0.5) is 0 Å². The summed E-state index contributed by atoms with van der Waals surface area (Å²) in [6, 6.07) is 17.1. The van der Waals surface area contributed by atoms with E-state index in [1.165, 1.54) is 7.11 Å². The van der Waals surface area contributed by atoms with Gasteiger partial charge in [-0.25, -0.2) is 4.79 Å². The Labute approximate surface area is 165 Å². The zero-order chi connectivity index (χ0) is 19.9. The average Bonchev–Trinajstić information content (AvgIpc) is 3.07. The van der Waals surface area contributed by atoms with Gasteiger partial charge in [0.2, 0.25) is 0 Å². The predicted molar refractivity (Wildman–Crippen MR) is 107 cm³/mol. The Bertz CT molecular complexity index is 1050. The Balaban J connectivity index is 1.72. The van der Waals surface area contributed by atoms with Gasteiger partial charge in [-0.15, -0.1) is 5.10 Å². The molecule has 1 heterocycles. The Morgan fingerprint density at radius 2 is 2.00 bits per heavy atom. The first-order valence-corrected chi connectivity index (χ1v) is 8.91. The second-order valence-electron chi connectivity index (χ2n) is 5.55. The number of benzene rings is 2.